The molecule has 2 heterocycles. The Morgan fingerprint density at radius 2 is 2.00 bits per heavy atom. The summed E-state index contributed by atoms with van der Waals surface area (Å²) in [6.45, 7) is 12.4. The van der Waals surface area contributed by atoms with Crippen LogP contribution in [0.15, 0.2) is 10.6 Å². The number of nitrogens with one attached hydrogen (secondary N) is 2. The van der Waals surface area contributed by atoms with Gasteiger partial charge in [-0.1, -0.05) is 25.9 Å². The highest BCUT2D eigenvalue weighted by Gasteiger charge is 2.27. The van der Waals surface area contributed by atoms with Crippen molar-refractivity contribution in [1.29, 1.82) is 0 Å². The van der Waals surface area contributed by atoms with Crippen molar-refractivity contribution in [2.24, 2.45) is 0 Å². The molecule has 0 bridgehead atoms. The smallest absolute Gasteiger partial charge is 0.281 e. The summed E-state index contributed by atoms with van der Waals surface area (Å²) < 4.78 is 10.9. The highest BCUT2D eigenvalue weighted by atomic mass is 16.5. The Morgan fingerprint density at radius 3 is 2.52 bits per heavy atom. The van der Waals surface area contributed by atoms with Gasteiger partial charge in [0, 0.05) is 11.5 Å². The van der Waals surface area contributed by atoms with Crippen molar-refractivity contribution < 1.29 is 19.0 Å². The number of morpholine rings is 1. The number of nitrogens with zero attached hydrogens (tertiary/aromatic N) is 1. The number of hydrogen-bond donors (Lipinski definition) is 2. The fraction of sp³-hybridized carbons (Fsp3) is 0.733. The monoisotopic (exact) mass is 296 g/mol. The molecule has 21 heavy (non-hydrogen) atoms. The zero-order valence-electron chi connectivity index (χ0n) is 13.5. The van der Waals surface area contributed by atoms with Crippen molar-refractivity contribution in [2.45, 2.75) is 52.2 Å². The van der Waals surface area contributed by atoms with Crippen LogP contribution in [-0.4, -0.2) is 42.9 Å². The maximum absolute atomic E-state index is 12.1. The maximum atomic E-state index is 12.1. The quantitative estimate of drug-likeness (QED) is 0.857. The summed E-state index contributed by atoms with van der Waals surface area (Å²) in [6, 6.07) is 1.79. The number of aromatic nitrogens is 1. The van der Waals surface area contributed by atoms with Gasteiger partial charge in [0.05, 0.1) is 5.69 Å². The van der Waals surface area contributed by atoms with Gasteiger partial charge in [-0.3, -0.25) is 10.1 Å². The van der Waals surface area contributed by atoms with E-state index in [1.807, 2.05) is 13.8 Å². The van der Waals surface area contributed by atoms with Crippen LogP contribution in [0.5, 0.6) is 0 Å². The van der Waals surface area contributed by atoms with E-state index in [-0.39, 0.29) is 23.5 Å². The van der Waals surface area contributed by atoms with Crippen LogP contribution in [0, 0.1) is 0 Å². The predicted molar refractivity (Wildman–Crippen MR) is 79.4 cm³/mol. The summed E-state index contributed by atoms with van der Waals surface area (Å²) in [5, 5.41) is 6.78. The molecule has 2 rings (SSSR count). The van der Waals surface area contributed by atoms with Crippen molar-refractivity contribution in [1.82, 2.24) is 5.16 Å². The van der Waals surface area contributed by atoms with Gasteiger partial charge >= 0.3 is 0 Å². The molecule has 1 saturated heterocycles. The lowest BCUT2D eigenvalue weighted by Crippen LogP contribution is -3.16. The summed E-state index contributed by atoms with van der Waals surface area (Å²) >= 11 is 0. The van der Waals surface area contributed by atoms with Crippen LogP contribution >= 0.6 is 0 Å². The van der Waals surface area contributed by atoms with Crippen LogP contribution in [0.3, 0.4) is 0 Å². The number of hydrogen-bond acceptors (Lipinski definition) is 4. The van der Waals surface area contributed by atoms with Gasteiger partial charge in [0.1, 0.15) is 25.3 Å². The van der Waals surface area contributed by atoms with Gasteiger partial charge < -0.3 is 14.2 Å². The van der Waals surface area contributed by atoms with Crippen molar-refractivity contribution in [3.8, 4) is 0 Å². The second-order valence-corrected chi connectivity index (χ2v) is 6.97. The van der Waals surface area contributed by atoms with Crippen molar-refractivity contribution >= 4 is 11.8 Å². The SMILES string of the molecule is C[C@H]1C[NH+](CC(=O)Nc2cc(C(C)(C)C)no2)C[C@H](C)O1. The molecule has 0 aliphatic carbocycles. The zero-order valence-corrected chi connectivity index (χ0v) is 13.5. The molecule has 1 fully saturated rings. The molecular formula is C15H26N3O3+. The van der Waals surface area contributed by atoms with Gasteiger partial charge in [-0.05, 0) is 13.8 Å². The summed E-state index contributed by atoms with van der Waals surface area (Å²) in [7, 11) is 0. The lowest BCUT2D eigenvalue weighted by atomic mass is 9.92. The van der Waals surface area contributed by atoms with E-state index < -0.39 is 0 Å². The van der Waals surface area contributed by atoms with E-state index in [1.165, 1.54) is 4.90 Å². The summed E-state index contributed by atoms with van der Waals surface area (Å²) in [5.41, 5.74) is 0.742. The second kappa shape index (κ2) is 6.15. The van der Waals surface area contributed by atoms with Gasteiger partial charge in [0.25, 0.3) is 5.91 Å². The van der Waals surface area contributed by atoms with E-state index in [0.29, 0.717) is 12.4 Å². The summed E-state index contributed by atoms with van der Waals surface area (Å²) in [5.74, 6) is 0.363. The molecule has 0 saturated carbocycles. The number of quaternary nitrogens is 1. The van der Waals surface area contributed by atoms with Gasteiger partial charge in [-0.15, -0.1) is 0 Å². The Hall–Kier alpha value is -1.40. The highest BCUT2D eigenvalue weighted by Crippen LogP contribution is 2.23. The van der Waals surface area contributed by atoms with Gasteiger partial charge in [0.15, 0.2) is 6.54 Å². The van der Waals surface area contributed by atoms with Crippen LogP contribution in [0.25, 0.3) is 0 Å². The zero-order chi connectivity index (χ0) is 15.6. The third-order valence-electron chi connectivity index (χ3n) is 3.57. The largest absolute Gasteiger partial charge is 0.364 e. The molecule has 1 aliphatic rings. The lowest BCUT2D eigenvalue weighted by molar-refractivity contribution is -0.907. The normalized spacial score (nSPS) is 26.6. The number of anilines is 1. The minimum Gasteiger partial charge on any atom is -0.364 e. The number of amides is 1. The summed E-state index contributed by atoms with van der Waals surface area (Å²) in [6.07, 6.45) is 0.378. The van der Waals surface area contributed by atoms with Crippen LogP contribution < -0.4 is 10.2 Å². The number of carbonyl (C=O) groups excluding carboxylic acids is 1. The average molecular weight is 296 g/mol. The third-order valence-corrected chi connectivity index (χ3v) is 3.57. The summed E-state index contributed by atoms with van der Waals surface area (Å²) in [4.78, 5) is 13.3. The van der Waals surface area contributed by atoms with E-state index in [9.17, 15) is 4.79 Å². The standard InChI is InChI=1S/C15H25N3O3/c1-10-7-18(8-11(2)20-10)9-13(19)16-14-6-12(17-21-14)15(3,4)5/h6,10-11H,7-9H2,1-5H3,(H,16,19)/p+1/t10-,11-/m0/s1. The number of carbonyl (C=O) groups is 1. The minimum atomic E-state index is -0.0905. The molecule has 1 aromatic rings. The fourth-order valence-corrected chi connectivity index (χ4v) is 2.63. The Balaban J connectivity index is 1.88. The molecule has 2 N–H and O–H groups in total. The van der Waals surface area contributed by atoms with Gasteiger partial charge in [-0.2, -0.15) is 0 Å². The third kappa shape index (κ3) is 4.54. The topological polar surface area (TPSA) is 68.8 Å². The van der Waals surface area contributed by atoms with Crippen molar-refractivity contribution in [3.05, 3.63) is 11.8 Å². The molecule has 0 unspecified atom stereocenters. The Morgan fingerprint density at radius 1 is 1.38 bits per heavy atom. The Bertz CT molecular complexity index is 483. The van der Waals surface area contributed by atoms with Crippen LogP contribution in [0.1, 0.15) is 40.3 Å². The molecule has 6 nitrogen and oxygen atoms in total. The van der Waals surface area contributed by atoms with Crippen molar-refractivity contribution in [3.63, 3.8) is 0 Å². The molecule has 0 radical (unpaired) electrons. The average Bonchev–Trinajstić information content (AvgIpc) is 2.75. The van der Waals surface area contributed by atoms with E-state index in [4.69, 9.17) is 9.26 Å². The number of ether oxygens (including phenoxy) is 1. The first-order valence-corrected chi connectivity index (χ1v) is 7.50. The molecule has 0 spiro atoms. The van der Waals surface area contributed by atoms with Crippen LogP contribution in [0.2, 0.25) is 0 Å². The molecule has 6 heteroatoms. The first-order valence-electron chi connectivity index (χ1n) is 7.50. The molecule has 2 atom stereocenters. The molecule has 1 aromatic heterocycles. The van der Waals surface area contributed by atoms with Gasteiger partial charge in [0.2, 0.25) is 5.88 Å². The molecule has 1 amide bonds. The molecule has 1 aliphatic heterocycles. The minimum absolute atomic E-state index is 0.0529. The van der Waals surface area contributed by atoms with E-state index in [1.54, 1.807) is 6.07 Å². The van der Waals surface area contributed by atoms with Crippen molar-refractivity contribution in [2.75, 3.05) is 25.0 Å². The first kappa shape index (κ1) is 16.0. The molecule has 0 aromatic carbocycles. The number of rotatable bonds is 3. The molecule has 118 valence electrons. The lowest BCUT2D eigenvalue weighted by Gasteiger charge is -2.31. The molecular weight excluding hydrogens is 270 g/mol. The van der Waals surface area contributed by atoms with E-state index >= 15 is 0 Å². The van der Waals surface area contributed by atoms with E-state index in [2.05, 4.69) is 31.2 Å². The fourth-order valence-electron chi connectivity index (χ4n) is 2.63. The Kier molecular flexibility index (Phi) is 4.68. The second-order valence-electron chi connectivity index (χ2n) is 6.97. The van der Waals surface area contributed by atoms with Crippen LogP contribution in [0.4, 0.5) is 5.88 Å². The highest BCUT2D eigenvalue weighted by molar-refractivity contribution is 5.90. The predicted octanol–water partition coefficient (Wildman–Crippen LogP) is 0.603. The van der Waals surface area contributed by atoms with Gasteiger partial charge in [-0.25, -0.2) is 0 Å². The first-order chi connectivity index (χ1) is 9.74. The van der Waals surface area contributed by atoms with Crippen LogP contribution in [-0.2, 0) is 14.9 Å². The Labute approximate surface area is 125 Å². The maximum Gasteiger partial charge on any atom is 0.281 e. The van der Waals surface area contributed by atoms with E-state index in [0.717, 1.165) is 18.8 Å².